The molecule has 0 aromatic heterocycles. The minimum atomic E-state index is -0.0868. The zero-order chi connectivity index (χ0) is 22.5. The van der Waals surface area contributed by atoms with E-state index in [4.69, 9.17) is 16.6 Å². The van der Waals surface area contributed by atoms with Gasteiger partial charge in [-0.05, 0) is 59.4 Å². The van der Waals surface area contributed by atoms with Gasteiger partial charge >= 0.3 is 0 Å². The van der Waals surface area contributed by atoms with Crippen LogP contribution in [-0.4, -0.2) is 5.71 Å². The third-order valence-electron chi connectivity index (χ3n) is 7.12. The van der Waals surface area contributed by atoms with Gasteiger partial charge in [0.2, 0.25) is 0 Å². The van der Waals surface area contributed by atoms with Gasteiger partial charge in [-0.25, -0.2) is 0 Å². The third-order valence-corrected chi connectivity index (χ3v) is 7.61. The molecule has 0 unspecified atom stereocenters. The molecule has 0 spiro atoms. The highest BCUT2D eigenvalue weighted by Crippen LogP contribution is 2.44. The van der Waals surface area contributed by atoms with Crippen LogP contribution in [0.2, 0.25) is 0 Å². The largest absolute Gasteiger partial charge is 0.358 e. The zero-order valence-corrected chi connectivity index (χ0v) is 19.9. The van der Waals surface area contributed by atoms with Crippen molar-refractivity contribution in [2.75, 3.05) is 5.32 Å². The van der Waals surface area contributed by atoms with Gasteiger partial charge < -0.3 is 5.32 Å². The monoisotopic (exact) mass is 440 g/mol. The molecule has 32 heavy (non-hydrogen) atoms. The first-order valence-electron chi connectivity index (χ1n) is 11.3. The molecule has 5 rings (SSSR count). The van der Waals surface area contributed by atoms with Crippen molar-refractivity contribution in [3.63, 3.8) is 0 Å². The number of para-hydroxylation sites is 2. The van der Waals surface area contributed by atoms with Crippen LogP contribution in [0.1, 0.15) is 51.7 Å². The van der Waals surface area contributed by atoms with Gasteiger partial charge in [-0.3, -0.25) is 4.99 Å². The zero-order valence-electron chi connectivity index (χ0n) is 19.2. The standard InChI is InChI=1S/C29H29ClN2/c1-28(2)21-9-5-7-11-23(21)31-25(28)17-15-19-13-14-20(27(19)30)16-18-26-29(3,4)22-10-6-8-12-24(22)32-26/h5-12,15-18,31H,13-14H2,1-4H3/b18-16+,19-15+,25-17+. The van der Waals surface area contributed by atoms with E-state index in [0.717, 1.165) is 29.3 Å². The summed E-state index contributed by atoms with van der Waals surface area (Å²) < 4.78 is 0. The number of hydrogen-bond donors (Lipinski definition) is 1. The summed E-state index contributed by atoms with van der Waals surface area (Å²) in [7, 11) is 0. The number of anilines is 1. The van der Waals surface area contributed by atoms with Crippen molar-refractivity contribution < 1.29 is 0 Å². The molecule has 2 aliphatic heterocycles. The Kier molecular flexibility index (Phi) is 5.02. The van der Waals surface area contributed by atoms with Crippen LogP contribution in [0.25, 0.3) is 0 Å². The Balaban J connectivity index is 1.38. The summed E-state index contributed by atoms with van der Waals surface area (Å²) in [4.78, 5) is 4.87. The predicted molar refractivity (Wildman–Crippen MR) is 137 cm³/mol. The average molecular weight is 441 g/mol. The van der Waals surface area contributed by atoms with Crippen LogP contribution in [0.5, 0.6) is 0 Å². The molecule has 2 aromatic carbocycles. The maximum Gasteiger partial charge on any atom is 0.0674 e. The summed E-state index contributed by atoms with van der Waals surface area (Å²) in [5, 5.41) is 4.46. The highest BCUT2D eigenvalue weighted by molar-refractivity contribution is 6.33. The number of aliphatic imine (C=N–C) groups is 1. The number of rotatable bonds is 3. The fourth-order valence-corrected chi connectivity index (χ4v) is 5.27. The molecule has 0 amide bonds. The first-order chi connectivity index (χ1) is 15.3. The Hall–Kier alpha value is -2.84. The maximum absolute atomic E-state index is 6.81. The molecule has 3 aliphatic rings. The smallest absolute Gasteiger partial charge is 0.0674 e. The summed E-state index contributed by atoms with van der Waals surface area (Å²) in [5.41, 5.74) is 9.44. The second-order valence-electron chi connectivity index (χ2n) is 9.88. The van der Waals surface area contributed by atoms with Crippen LogP contribution < -0.4 is 5.32 Å². The molecular weight excluding hydrogens is 412 g/mol. The lowest BCUT2D eigenvalue weighted by molar-refractivity contribution is 0.654. The minimum absolute atomic E-state index is 0.0353. The summed E-state index contributed by atoms with van der Waals surface area (Å²) in [5.74, 6) is 0. The van der Waals surface area contributed by atoms with Gasteiger partial charge in [-0.15, -0.1) is 0 Å². The van der Waals surface area contributed by atoms with E-state index in [1.165, 1.54) is 33.7 Å². The van der Waals surface area contributed by atoms with Gasteiger partial charge in [0.05, 0.1) is 11.4 Å². The van der Waals surface area contributed by atoms with Gasteiger partial charge in [-0.2, -0.15) is 0 Å². The summed E-state index contributed by atoms with van der Waals surface area (Å²) >= 11 is 6.81. The summed E-state index contributed by atoms with van der Waals surface area (Å²) in [6.45, 7) is 8.99. The van der Waals surface area contributed by atoms with Crippen LogP contribution in [0.3, 0.4) is 0 Å². The van der Waals surface area contributed by atoms with Crippen molar-refractivity contribution >= 4 is 28.7 Å². The number of halogens is 1. The van der Waals surface area contributed by atoms with E-state index in [9.17, 15) is 0 Å². The summed E-state index contributed by atoms with van der Waals surface area (Å²) in [6, 6.07) is 16.9. The van der Waals surface area contributed by atoms with Crippen LogP contribution in [-0.2, 0) is 10.8 Å². The second kappa shape index (κ2) is 7.64. The molecule has 1 aliphatic carbocycles. The number of hydrogen-bond acceptors (Lipinski definition) is 2. The molecule has 162 valence electrons. The van der Waals surface area contributed by atoms with Crippen molar-refractivity contribution in [3.8, 4) is 0 Å². The highest BCUT2D eigenvalue weighted by atomic mass is 35.5. The van der Waals surface area contributed by atoms with Crippen molar-refractivity contribution in [1.29, 1.82) is 0 Å². The van der Waals surface area contributed by atoms with Gasteiger partial charge in [0.15, 0.2) is 0 Å². The average Bonchev–Trinajstić information content (AvgIpc) is 3.35. The number of nitrogens with one attached hydrogen (secondary N) is 1. The van der Waals surface area contributed by atoms with Crippen molar-refractivity contribution in [1.82, 2.24) is 0 Å². The number of benzene rings is 2. The molecule has 0 saturated heterocycles. The van der Waals surface area contributed by atoms with E-state index in [1.807, 2.05) is 6.07 Å². The number of nitrogens with zero attached hydrogens (tertiary/aromatic N) is 1. The van der Waals surface area contributed by atoms with Crippen LogP contribution in [0.15, 0.2) is 99.7 Å². The van der Waals surface area contributed by atoms with Gasteiger partial charge in [0, 0.05) is 27.2 Å². The lowest BCUT2D eigenvalue weighted by Gasteiger charge is -2.20. The Morgan fingerprint density at radius 2 is 1.56 bits per heavy atom. The van der Waals surface area contributed by atoms with E-state index >= 15 is 0 Å². The summed E-state index contributed by atoms with van der Waals surface area (Å²) in [6.07, 6.45) is 10.6. The maximum atomic E-state index is 6.81. The Morgan fingerprint density at radius 3 is 2.31 bits per heavy atom. The van der Waals surface area contributed by atoms with Gasteiger partial charge in [0.25, 0.3) is 0 Å². The normalized spacial score (nSPS) is 23.1. The third kappa shape index (κ3) is 3.38. The molecule has 0 bridgehead atoms. The van der Waals surface area contributed by atoms with Gasteiger partial charge in [-0.1, -0.05) is 87.8 Å². The SMILES string of the molecule is CC1(C)C(/C=C/C2=C(Cl)C(=C/C=C3/Nc4ccccc4C3(C)C)/CC2)=Nc2ccccc21. The molecule has 0 radical (unpaired) electrons. The van der Waals surface area contributed by atoms with Gasteiger partial charge in [0.1, 0.15) is 0 Å². The molecule has 0 saturated carbocycles. The molecule has 3 heteroatoms. The second-order valence-corrected chi connectivity index (χ2v) is 10.3. The molecule has 2 nitrogen and oxygen atoms in total. The van der Waals surface area contributed by atoms with Crippen LogP contribution >= 0.6 is 11.6 Å². The molecule has 2 aromatic rings. The van der Waals surface area contributed by atoms with Crippen LogP contribution in [0, 0.1) is 0 Å². The molecule has 0 atom stereocenters. The van der Waals surface area contributed by atoms with E-state index in [1.54, 1.807) is 0 Å². The van der Waals surface area contributed by atoms with Crippen molar-refractivity contribution in [3.05, 3.63) is 106 Å². The Morgan fingerprint density at radius 1 is 0.844 bits per heavy atom. The molecule has 1 N–H and O–H groups in total. The first kappa shape index (κ1) is 21.0. The van der Waals surface area contributed by atoms with E-state index in [2.05, 4.69) is 99.8 Å². The molecule has 2 heterocycles. The van der Waals surface area contributed by atoms with Crippen molar-refractivity contribution in [2.45, 2.75) is 51.4 Å². The van der Waals surface area contributed by atoms with E-state index in [-0.39, 0.29) is 10.8 Å². The molecular formula is C29H29ClN2. The lowest BCUT2D eigenvalue weighted by atomic mass is 9.81. The fourth-order valence-electron chi connectivity index (χ4n) is 4.96. The number of fused-ring (bicyclic) bond motifs is 2. The first-order valence-corrected chi connectivity index (χ1v) is 11.7. The quantitative estimate of drug-likeness (QED) is 0.512. The molecule has 0 fully saturated rings. The minimum Gasteiger partial charge on any atom is -0.358 e. The lowest BCUT2D eigenvalue weighted by Crippen LogP contribution is -2.23. The highest BCUT2D eigenvalue weighted by Gasteiger charge is 2.34. The Bertz CT molecular complexity index is 1250. The van der Waals surface area contributed by atoms with E-state index in [0.29, 0.717) is 0 Å². The van der Waals surface area contributed by atoms with Crippen LogP contribution in [0.4, 0.5) is 11.4 Å². The topological polar surface area (TPSA) is 24.4 Å². The number of allylic oxidation sites excluding steroid dienone is 8. The van der Waals surface area contributed by atoms with Crippen molar-refractivity contribution in [2.24, 2.45) is 4.99 Å². The van der Waals surface area contributed by atoms with E-state index < -0.39 is 0 Å². The Labute approximate surface area is 196 Å². The fraction of sp³-hybridized carbons (Fsp3) is 0.276. The predicted octanol–water partition coefficient (Wildman–Crippen LogP) is 8.11.